The van der Waals surface area contributed by atoms with Gasteiger partial charge in [0.15, 0.2) is 0 Å². The molecule has 0 saturated heterocycles. The van der Waals surface area contributed by atoms with Crippen molar-refractivity contribution in [2.24, 2.45) is 20.0 Å². The number of rotatable bonds is 14. The summed E-state index contributed by atoms with van der Waals surface area (Å²) in [5, 5.41) is 29.8. The second kappa shape index (κ2) is 15.4. The summed E-state index contributed by atoms with van der Waals surface area (Å²) in [6.45, 7) is 9.13. The van der Waals surface area contributed by atoms with Crippen LogP contribution < -0.4 is 21.6 Å². The summed E-state index contributed by atoms with van der Waals surface area (Å²) in [5.41, 5.74) is 3.00. The van der Waals surface area contributed by atoms with Crippen LogP contribution in [-0.4, -0.2) is 131 Å². The molecule has 0 aliphatic carbocycles. The van der Waals surface area contributed by atoms with Crippen molar-refractivity contribution < 1.29 is 46.1 Å². The second-order valence-electron chi connectivity index (χ2n) is 21.3. The zero-order valence-corrected chi connectivity index (χ0v) is 45.0. The van der Waals surface area contributed by atoms with Crippen molar-refractivity contribution in [1.82, 2.24) is 38.2 Å². The van der Waals surface area contributed by atoms with Gasteiger partial charge >= 0.3 is 440 Å². The van der Waals surface area contributed by atoms with E-state index in [1.807, 2.05) is 77.0 Å². The first-order valence-corrected chi connectivity index (χ1v) is 34.1. The minimum atomic E-state index is -7.29. The predicted molar refractivity (Wildman–Crippen MR) is 289 cm³/mol. The summed E-state index contributed by atoms with van der Waals surface area (Å²) in [5.74, 6) is -0.490. The van der Waals surface area contributed by atoms with Crippen LogP contribution in [0.15, 0.2) is 142 Å². The number of aromatic nitrogens is 6. The topological polar surface area (TPSA) is 252 Å². The van der Waals surface area contributed by atoms with Gasteiger partial charge in [0.05, 0.1) is 0 Å². The average molecular weight is 1080 g/mol. The summed E-state index contributed by atoms with van der Waals surface area (Å²) in [7, 11) is -14.3. The maximum absolute atomic E-state index is 13.3. The third kappa shape index (κ3) is 5.77. The van der Waals surface area contributed by atoms with E-state index in [1.165, 1.54) is 33.9 Å². The van der Waals surface area contributed by atoms with Gasteiger partial charge in [0.25, 0.3) is 0 Å². The van der Waals surface area contributed by atoms with Crippen LogP contribution in [0.25, 0.3) is 21.5 Å². The van der Waals surface area contributed by atoms with E-state index in [1.54, 1.807) is 24.8 Å². The number of carbonyl (C=O) groups excluding carboxylic acids is 2. The molecule has 0 bridgehead atoms. The van der Waals surface area contributed by atoms with Crippen molar-refractivity contribution in [2.45, 2.75) is 51.1 Å². The first-order valence-electron chi connectivity index (χ1n) is 25.3. The molecule has 4 aromatic heterocycles. The number of nitrogens with one attached hydrogen (secondary N) is 2. The number of aromatic carboxylic acids is 2. The van der Waals surface area contributed by atoms with Crippen LogP contribution >= 0.6 is 0 Å². The fourth-order valence-corrected chi connectivity index (χ4v) is 35.4. The van der Waals surface area contributed by atoms with Gasteiger partial charge in [0.2, 0.25) is 0 Å². The Balaban J connectivity index is 1.15. The maximum atomic E-state index is 13.3. The summed E-state index contributed by atoms with van der Waals surface area (Å²) in [4.78, 5) is 84.1. The molecule has 10 heterocycles. The number of aliphatic imine (C=N–C) groups is 2. The summed E-state index contributed by atoms with van der Waals surface area (Å²) < 4.78 is 29.3. The molecular formula is C52H48N14O8Si3. The van der Waals surface area contributed by atoms with Crippen LogP contribution in [0.2, 0.25) is 38.3 Å². The molecule has 4 aromatic carbocycles. The van der Waals surface area contributed by atoms with Gasteiger partial charge in [-0.1, -0.05) is 0 Å². The van der Waals surface area contributed by atoms with E-state index in [4.69, 9.17) is 28.2 Å². The van der Waals surface area contributed by atoms with Crippen LogP contribution in [0.4, 0.5) is 21.2 Å². The number of amides is 2. The average Bonchev–Trinajstić information content (AvgIpc) is 2.02. The quantitative estimate of drug-likeness (QED) is 0.0746. The monoisotopic (exact) mass is 1080 g/mol. The van der Waals surface area contributed by atoms with Gasteiger partial charge < -0.3 is 0 Å². The molecule has 6 aliphatic rings. The van der Waals surface area contributed by atoms with Crippen molar-refractivity contribution >= 4 is 105 Å². The van der Waals surface area contributed by atoms with Gasteiger partial charge in [-0.05, 0) is 0 Å². The molecule has 386 valence electrons. The van der Waals surface area contributed by atoms with Gasteiger partial charge in [-0.15, -0.1) is 0 Å². The second-order valence-corrected chi connectivity index (χ2v) is 35.6. The van der Waals surface area contributed by atoms with E-state index in [0.717, 1.165) is 22.1 Å². The van der Waals surface area contributed by atoms with Crippen molar-refractivity contribution in [1.29, 1.82) is 0 Å². The summed E-state index contributed by atoms with van der Waals surface area (Å²) >= 11 is 0. The van der Waals surface area contributed by atoms with E-state index in [9.17, 15) is 29.4 Å². The number of carboxylic acid groups (broad SMARTS) is 2. The molecular weight excluding hydrogens is 1030 g/mol. The number of imidazole rings is 2. The zero-order chi connectivity index (χ0) is 53.0. The van der Waals surface area contributed by atoms with Crippen LogP contribution in [0, 0.1) is 0 Å². The molecule has 0 saturated carbocycles. The van der Waals surface area contributed by atoms with Gasteiger partial charge in [-0.2, -0.15) is 0 Å². The van der Waals surface area contributed by atoms with Crippen molar-refractivity contribution in [2.75, 3.05) is 13.1 Å². The van der Waals surface area contributed by atoms with E-state index in [-0.39, 0.29) is 36.8 Å². The number of fused-ring (bicyclic) bond motifs is 12. The Morgan fingerprint density at radius 1 is 0.571 bits per heavy atom. The molecule has 1 spiro atoms. The number of benzene rings is 4. The van der Waals surface area contributed by atoms with Crippen molar-refractivity contribution in [3.8, 4) is 0 Å². The van der Waals surface area contributed by atoms with Gasteiger partial charge in [0.1, 0.15) is 0 Å². The van der Waals surface area contributed by atoms with Crippen molar-refractivity contribution in [3.63, 3.8) is 0 Å². The first kappa shape index (κ1) is 46.6. The summed E-state index contributed by atoms with van der Waals surface area (Å²) in [6, 6.07) is 26.7. The predicted octanol–water partition coefficient (Wildman–Crippen LogP) is 5.85. The molecule has 0 atom stereocenters. The Kier molecular flexibility index (Phi) is 9.31. The zero-order valence-electron chi connectivity index (χ0n) is 42.0. The Labute approximate surface area is 438 Å². The van der Waals surface area contributed by atoms with E-state index in [2.05, 4.69) is 59.5 Å². The van der Waals surface area contributed by atoms with Crippen molar-refractivity contribution in [3.05, 3.63) is 167 Å². The molecule has 77 heavy (non-hydrogen) atoms. The first-order chi connectivity index (χ1) is 37.0. The number of hydrogen-bond donors (Lipinski definition) is 4. The Morgan fingerprint density at radius 3 is 1.49 bits per heavy atom. The number of amidine groups is 4. The van der Waals surface area contributed by atoms with E-state index >= 15 is 0 Å². The molecule has 22 nitrogen and oxygen atoms in total. The molecule has 2 amide bonds. The normalized spacial score (nSPS) is 17.8. The molecule has 8 aromatic rings. The standard InChI is InChI=1S/C52H48N14O8Si3/c1-75(2,25-11-19-55-51(71)61-23-21-53-29-61)73-77(74-76(3,4)26-12-20-56-52(72)62-24-22-54-30-62)63-41-31-13-5-6-14-32(31)42(63)58-44-34-16-8-10-18-36(34)46(65(44)77)60-48-38-28-40(50(69)70)39(49(67)68)27-37(38)47(66(48)77)59-45-35-17-9-7-15-33(35)43(57-41)64(45)77/h5-10,13-18,21-24,27-30H,11-12,19-20,25-26H2,1-4H3,(H,55,71)(H,56,72)(H,67,68)(H,69,70). The summed E-state index contributed by atoms with van der Waals surface area (Å²) in [6.07, 6.45) is 10.1. The SMILES string of the molecule is C[Si](C)(CCCNC(=O)n1ccnc1)O[Si-2]123(O[Si](C)(C)CCCNC(=O)n4ccnc4)n4c5c6cc(C(=O)O)c(C(=O)O)cc6c4N=c4c6ccccc6c(n41)=NC1=[N+]2C(=NC2=[N+]3C(=N5)c3ccccc32)c2ccccc21. The Hall–Kier alpha value is -8.89. The van der Waals surface area contributed by atoms with Gasteiger partial charge in [-0.3, -0.25) is 0 Å². The number of carbonyl (C=O) groups is 4. The minimum absolute atomic E-state index is 0.243. The number of hydrogen-bond acceptors (Lipinski definition) is 12. The Morgan fingerprint density at radius 2 is 1.01 bits per heavy atom. The van der Waals surface area contributed by atoms with Crippen LogP contribution in [-0.2, 0) is 8.23 Å². The van der Waals surface area contributed by atoms with E-state index in [0.29, 0.717) is 81.0 Å². The van der Waals surface area contributed by atoms with Crippen LogP contribution in [0.1, 0.15) is 55.8 Å². The fraction of sp³-hybridized carbons (Fsp3) is 0.192. The van der Waals surface area contributed by atoms with E-state index < -0.39 is 47.5 Å². The Bertz CT molecular complexity index is 4290. The molecule has 4 N–H and O–H groups in total. The molecule has 6 aliphatic heterocycles. The fourth-order valence-electron chi connectivity index (χ4n) is 13.1. The third-order valence-corrected chi connectivity index (χ3v) is 32.4. The number of carboxylic acids is 2. The van der Waals surface area contributed by atoms with Crippen LogP contribution in [0.5, 0.6) is 0 Å². The molecule has 0 unspecified atom stereocenters. The third-order valence-electron chi connectivity index (χ3n) is 15.7. The van der Waals surface area contributed by atoms with Gasteiger partial charge in [0, 0.05) is 0 Å². The molecule has 0 fully saturated rings. The number of nitrogens with zero attached hydrogens (tertiary/aromatic N) is 12. The molecule has 25 heteroatoms. The van der Waals surface area contributed by atoms with Crippen LogP contribution in [0.3, 0.4) is 0 Å². The van der Waals surface area contributed by atoms with Gasteiger partial charge in [-0.25, -0.2) is 0 Å². The molecule has 0 radical (unpaired) electrons. The molecule has 14 rings (SSSR count).